The molecule has 0 amide bonds. The zero-order chi connectivity index (χ0) is 12.5. The van der Waals surface area contributed by atoms with Crippen LogP contribution in [0, 0.1) is 12.8 Å². The Kier molecular flexibility index (Phi) is 3.39. The fourth-order valence-electron chi connectivity index (χ4n) is 3.23. The van der Waals surface area contributed by atoms with Crippen LogP contribution in [0.1, 0.15) is 36.5 Å². The van der Waals surface area contributed by atoms with E-state index in [1.807, 2.05) is 0 Å². The van der Waals surface area contributed by atoms with Crippen molar-refractivity contribution in [2.75, 3.05) is 13.2 Å². The molecule has 1 aliphatic carbocycles. The van der Waals surface area contributed by atoms with Gasteiger partial charge in [0.25, 0.3) is 0 Å². The van der Waals surface area contributed by atoms with Gasteiger partial charge >= 0.3 is 0 Å². The van der Waals surface area contributed by atoms with E-state index < -0.39 is 0 Å². The third-order valence-corrected chi connectivity index (χ3v) is 4.39. The number of ether oxygens (including phenoxy) is 1. The summed E-state index contributed by atoms with van der Waals surface area (Å²) in [6.45, 7) is 4.72. The molecule has 2 aliphatic rings. The molecule has 0 aromatic carbocycles. The predicted molar refractivity (Wildman–Crippen MR) is 70.5 cm³/mol. The van der Waals surface area contributed by atoms with Gasteiger partial charge in [-0.1, -0.05) is 0 Å². The standard InChI is InChI=1S/C14H23N3O/c1-10-16-13-4-2-3-5-14(13)17(10)8-12(15)11-6-7-18-9-11/h11-12H,2-9,15H2,1H3. The predicted octanol–water partition coefficient (Wildman–Crippen LogP) is 1.43. The molecule has 0 saturated carbocycles. The fraction of sp³-hybridized carbons (Fsp3) is 0.786. The van der Waals surface area contributed by atoms with Gasteiger partial charge in [0.1, 0.15) is 5.82 Å². The van der Waals surface area contributed by atoms with Crippen molar-refractivity contribution in [2.45, 2.75) is 51.6 Å². The maximum atomic E-state index is 6.34. The first-order valence-corrected chi connectivity index (χ1v) is 7.14. The van der Waals surface area contributed by atoms with Crippen LogP contribution in [0.25, 0.3) is 0 Å². The molecule has 1 fully saturated rings. The van der Waals surface area contributed by atoms with Crippen LogP contribution in [-0.2, 0) is 24.1 Å². The number of hydrogen-bond donors (Lipinski definition) is 1. The van der Waals surface area contributed by atoms with E-state index in [4.69, 9.17) is 15.5 Å². The second-order valence-corrected chi connectivity index (χ2v) is 5.66. The molecule has 2 unspecified atom stereocenters. The number of fused-ring (bicyclic) bond motifs is 1. The molecule has 1 aromatic rings. The van der Waals surface area contributed by atoms with Crippen molar-refractivity contribution in [3.63, 3.8) is 0 Å². The van der Waals surface area contributed by atoms with Crippen molar-refractivity contribution in [1.29, 1.82) is 0 Å². The van der Waals surface area contributed by atoms with Crippen LogP contribution in [0.4, 0.5) is 0 Å². The summed E-state index contributed by atoms with van der Waals surface area (Å²) in [5.41, 5.74) is 9.10. The lowest BCUT2D eigenvalue weighted by molar-refractivity contribution is 0.178. The number of imidazole rings is 1. The number of nitrogens with zero attached hydrogens (tertiary/aromatic N) is 2. The van der Waals surface area contributed by atoms with E-state index in [2.05, 4.69) is 11.5 Å². The third-order valence-electron chi connectivity index (χ3n) is 4.39. The molecule has 2 N–H and O–H groups in total. The second kappa shape index (κ2) is 5.02. The molecule has 18 heavy (non-hydrogen) atoms. The van der Waals surface area contributed by atoms with Crippen LogP contribution < -0.4 is 5.73 Å². The maximum Gasteiger partial charge on any atom is 0.106 e. The van der Waals surface area contributed by atoms with Crippen LogP contribution >= 0.6 is 0 Å². The molecule has 4 nitrogen and oxygen atoms in total. The number of nitrogens with two attached hydrogens (primary N) is 1. The van der Waals surface area contributed by atoms with Crippen LogP contribution in [0.3, 0.4) is 0 Å². The Hall–Kier alpha value is -0.870. The molecule has 3 rings (SSSR count). The zero-order valence-electron chi connectivity index (χ0n) is 11.2. The molecular formula is C14H23N3O. The Bertz CT molecular complexity index is 421. The monoisotopic (exact) mass is 249 g/mol. The summed E-state index contributed by atoms with van der Waals surface area (Å²) in [5, 5.41) is 0. The average molecular weight is 249 g/mol. The Morgan fingerprint density at radius 2 is 2.28 bits per heavy atom. The van der Waals surface area contributed by atoms with Crippen molar-refractivity contribution >= 4 is 0 Å². The molecule has 2 atom stereocenters. The van der Waals surface area contributed by atoms with E-state index in [0.717, 1.165) is 38.4 Å². The topological polar surface area (TPSA) is 53.1 Å². The molecule has 1 saturated heterocycles. The van der Waals surface area contributed by atoms with Gasteiger partial charge in [-0.15, -0.1) is 0 Å². The lowest BCUT2D eigenvalue weighted by Gasteiger charge is -2.21. The van der Waals surface area contributed by atoms with Crippen molar-refractivity contribution in [1.82, 2.24) is 9.55 Å². The van der Waals surface area contributed by atoms with Gasteiger partial charge in [0, 0.05) is 30.8 Å². The second-order valence-electron chi connectivity index (χ2n) is 5.66. The van der Waals surface area contributed by atoms with Crippen LogP contribution in [-0.4, -0.2) is 28.8 Å². The smallest absolute Gasteiger partial charge is 0.106 e. The van der Waals surface area contributed by atoms with Crippen LogP contribution in [0.15, 0.2) is 0 Å². The Morgan fingerprint density at radius 1 is 1.44 bits per heavy atom. The molecule has 1 aliphatic heterocycles. The highest BCUT2D eigenvalue weighted by Crippen LogP contribution is 2.24. The third kappa shape index (κ3) is 2.19. The van der Waals surface area contributed by atoms with Crippen LogP contribution in [0.2, 0.25) is 0 Å². The maximum absolute atomic E-state index is 6.34. The van der Waals surface area contributed by atoms with E-state index in [1.54, 1.807) is 0 Å². The van der Waals surface area contributed by atoms with Gasteiger partial charge in [-0.3, -0.25) is 0 Å². The summed E-state index contributed by atoms with van der Waals surface area (Å²) >= 11 is 0. The van der Waals surface area contributed by atoms with Crippen molar-refractivity contribution in [3.05, 3.63) is 17.2 Å². The van der Waals surface area contributed by atoms with Gasteiger partial charge in [0.15, 0.2) is 0 Å². The molecule has 2 heterocycles. The Labute approximate surface area is 109 Å². The number of aromatic nitrogens is 2. The normalized spacial score (nSPS) is 25.1. The van der Waals surface area contributed by atoms with E-state index in [0.29, 0.717) is 5.92 Å². The number of aryl methyl sites for hydroxylation is 2. The zero-order valence-corrected chi connectivity index (χ0v) is 11.2. The minimum atomic E-state index is 0.200. The lowest BCUT2D eigenvalue weighted by atomic mass is 9.98. The molecular weight excluding hydrogens is 226 g/mol. The molecule has 0 spiro atoms. The van der Waals surface area contributed by atoms with Gasteiger partial charge in [-0.2, -0.15) is 0 Å². The molecule has 1 aromatic heterocycles. The lowest BCUT2D eigenvalue weighted by Crippen LogP contribution is -2.35. The summed E-state index contributed by atoms with van der Waals surface area (Å²) in [7, 11) is 0. The van der Waals surface area contributed by atoms with Crippen LogP contribution in [0.5, 0.6) is 0 Å². The summed E-state index contributed by atoms with van der Waals surface area (Å²) in [5.74, 6) is 1.65. The first-order chi connectivity index (χ1) is 8.75. The van der Waals surface area contributed by atoms with Crippen molar-refractivity contribution < 1.29 is 4.74 Å². The van der Waals surface area contributed by atoms with Crippen molar-refractivity contribution in [2.24, 2.45) is 11.7 Å². The minimum Gasteiger partial charge on any atom is -0.381 e. The summed E-state index contributed by atoms with van der Waals surface area (Å²) in [6, 6.07) is 0.200. The minimum absolute atomic E-state index is 0.200. The quantitative estimate of drug-likeness (QED) is 0.881. The highest BCUT2D eigenvalue weighted by molar-refractivity contribution is 5.20. The largest absolute Gasteiger partial charge is 0.381 e. The Morgan fingerprint density at radius 3 is 3.06 bits per heavy atom. The number of rotatable bonds is 3. The van der Waals surface area contributed by atoms with E-state index in [-0.39, 0.29) is 6.04 Å². The first kappa shape index (κ1) is 12.2. The SMILES string of the molecule is Cc1nc2c(n1CC(N)C1CCOC1)CCCC2. The van der Waals surface area contributed by atoms with Gasteiger partial charge in [0.2, 0.25) is 0 Å². The van der Waals surface area contributed by atoms with Crippen molar-refractivity contribution in [3.8, 4) is 0 Å². The summed E-state index contributed by atoms with van der Waals surface area (Å²) < 4.78 is 7.79. The molecule has 0 bridgehead atoms. The number of hydrogen-bond acceptors (Lipinski definition) is 3. The van der Waals surface area contributed by atoms with Gasteiger partial charge < -0.3 is 15.0 Å². The summed E-state index contributed by atoms with van der Waals surface area (Å²) in [4.78, 5) is 4.71. The highest BCUT2D eigenvalue weighted by atomic mass is 16.5. The van der Waals surface area contributed by atoms with E-state index in [9.17, 15) is 0 Å². The summed E-state index contributed by atoms with van der Waals surface area (Å²) in [6.07, 6.45) is 6.00. The van der Waals surface area contributed by atoms with Gasteiger partial charge in [-0.05, 0) is 39.0 Å². The first-order valence-electron chi connectivity index (χ1n) is 7.14. The molecule has 4 heteroatoms. The molecule has 100 valence electrons. The van der Waals surface area contributed by atoms with Gasteiger partial charge in [-0.25, -0.2) is 4.98 Å². The average Bonchev–Trinajstić information content (AvgIpc) is 2.98. The molecule has 0 radical (unpaired) electrons. The highest BCUT2D eigenvalue weighted by Gasteiger charge is 2.25. The van der Waals surface area contributed by atoms with E-state index in [1.165, 1.54) is 30.7 Å². The Balaban J connectivity index is 1.77. The van der Waals surface area contributed by atoms with Gasteiger partial charge in [0.05, 0.1) is 12.3 Å². The fourth-order valence-corrected chi connectivity index (χ4v) is 3.23. The van der Waals surface area contributed by atoms with E-state index >= 15 is 0 Å².